The Morgan fingerprint density at radius 2 is 1.95 bits per heavy atom. The molecule has 0 radical (unpaired) electrons. The van der Waals surface area contributed by atoms with Crippen LogP contribution in [0.5, 0.6) is 0 Å². The van der Waals surface area contributed by atoms with Crippen LogP contribution in [0.25, 0.3) is 0 Å². The van der Waals surface area contributed by atoms with E-state index in [1.165, 1.54) is 0 Å². The summed E-state index contributed by atoms with van der Waals surface area (Å²) in [5.41, 5.74) is 0.0435. The SMILES string of the molecule is CCC(CC)(CCO)CNC(=O)C(C)N1CCSCC1. The van der Waals surface area contributed by atoms with Crippen LogP contribution in [0.1, 0.15) is 40.0 Å². The second-order valence-corrected chi connectivity index (χ2v) is 6.95. The fourth-order valence-electron chi connectivity index (χ4n) is 2.73. The molecule has 118 valence electrons. The number of hydrogen-bond donors (Lipinski definition) is 2. The molecular formula is C15H30N2O2S. The van der Waals surface area contributed by atoms with E-state index in [-0.39, 0.29) is 24.0 Å². The molecule has 5 heteroatoms. The van der Waals surface area contributed by atoms with Crippen LogP contribution in [0, 0.1) is 5.41 Å². The molecule has 1 aliphatic heterocycles. The fraction of sp³-hybridized carbons (Fsp3) is 0.933. The van der Waals surface area contributed by atoms with Crippen molar-refractivity contribution in [2.24, 2.45) is 5.41 Å². The topological polar surface area (TPSA) is 52.6 Å². The van der Waals surface area contributed by atoms with Gasteiger partial charge in [0.25, 0.3) is 0 Å². The van der Waals surface area contributed by atoms with Crippen LogP contribution in [-0.2, 0) is 4.79 Å². The minimum Gasteiger partial charge on any atom is -0.396 e. The average Bonchev–Trinajstić information content (AvgIpc) is 2.51. The fourth-order valence-corrected chi connectivity index (χ4v) is 3.66. The molecule has 0 aliphatic carbocycles. The Labute approximate surface area is 127 Å². The smallest absolute Gasteiger partial charge is 0.237 e. The molecule has 2 N–H and O–H groups in total. The number of nitrogens with zero attached hydrogens (tertiary/aromatic N) is 1. The summed E-state index contributed by atoms with van der Waals surface area (Å²) in [6.07, 6.45) is 2.73. The van der Waals surface area contributed by atoms with Crippen molar-refractivity contribution in [3.63, 3.8) is 0 Å². The first kappa shape index (κ1) is 17.8. The number of carbonyl (C=O) groups excluding carboxylic acids is 1. The lowest BCUT2D eigenvalue weighted by Crippen LogP contribution is -2.50. The highest BCUT2D eigenvalue weighted by Gasteiger charge is 2.28. The van der Waals surface area contributed by atoms with Gasteiger partial charge in [0.1, 0.15) is 0 Å². The quantitative estimate of drug-likeness (QED) is 0.717. The van der Waals surface area contributed by atoms with Gasteiger partial charge < -0.3 is 10.4 Å². The molecule has 0 saturated carbocycles. The predicted molar refractivity (Wildman–Crippen MR) is 86.1 cm³/mol. The Balaban J connectivity index is 2.47. The van der Waals surface area contributed by atoms with Crippen molar-refractivity contribution in [3.05, 3.63) is 0 Å². The Kier molecular flexibility index (Phi) is 7.92. The average molecular weight is 302 g/mol. The van der Waals surface area contributed by atoms with E-state index < -0.39 is 0 Å². The zero-order chi connectivity index (χ0) is 15.0. The second kappa shape index (κ2) is 8.90. The van der Waals surface area contributed by atoms with Crippen LogP contribution in [0.15, 0.2) is 0 Å². The van der Waals surface area contributed by atoms with Gasteiger partial charge >= 0.3 is 0 Å². The van der Waals surface area contributed by atoms with Crippen molar-refractivity contribution in [1.82, 2.24) is 10.2 Å². The van der Waals surface area contributed by atoms with Crippen LogP contribution in [0.2, 0.25) is 0 Å². The van der Waals surface area contributed by atoms with Crippen LogP contribution in [-0.4, -0.2) is 59.7 Å². The Hall–Kier alpha value is -0.260. The van der Waals surface area contributed by atoms with Gasteiger partial charge in [0.05, 0.1) is 6.04 Å². The zero-order valence-electron chi connectivity index (χ0n) is 13.2. The van der Waals surface area contributed by atoms with Gasteiger partial charge in [0.2, 0.25) is 5.91 Å². The largest absolute Gasteiger partial charge is 0.396 e. The van der Waals surface area contributed by atoms with Gasteiger partial charge in [0.15, 0.2) is 0 Å². The molecule has 1 heterocycles. The molecule has 0 aromatic rings. The number of amides is 1. The molecule has 1 amide bonds. The molecule has 4 nitrogen and oxygen atoms in total. The highest BCUT2D eigenvalue weighted by atomic mass is 32.2. The van der Waals surface area contributed by atoms with Crippen molar-refractivity contribution in [2.75, 3.05) is 37.7 Å². The number of carbonyl (C=O) groups is 1. The van der Waals surface area contributed by atoms with Gasteiger partial charge in [-0.3, -0.25) is 9.69 Å². The van der Waals surface area contributed by atoms with Crippen molar-refractivity contribution >= 4 is 17.7 Å². The number of aliphatic hydroxyl groups excluding tert-OH is 1. The monoisotopic (exact) mass is 302 g/mol. The lowest BCUT2D eigenvalue weighted by molar-refractivity contribution is -0.126. The molecule has 0 aromatic heterocycles. The number of hydrogen-bond acceptors (Lipinski definition) is 4. The lowest BCUT2D eigenvalue weighted by atomic mass is 9.79. The van der Waals surface area contributed by atoms with Gasteiger partial charge in [-0.25, -0.2) is 0 Å². The summed E-state index contributed by atoms with van der Waals surface area (Å²) in [4.78, 5) is 14.6. The molecule has 1 atom stereocenters. The van der Waals surface area contributed by atoms with Crippen molar-refractivity contribution < 1.29 is 9.90 Å². The highest BCUT2D eigenvalue weighted by molar-refractivity contribution is 7.99. The molecule has 1 rings (SSSR count). The summed E-state index contributed by atoms with van der Waals surface area (Å²) < 4.78 is 0. The van der Waals surface area contributed by atoms with Gasteiger partial charge in [-0.2, -0.15) is 11.8 Å². The van der Waals surface area contributed by atoms with E-state index in [1.807, 2.05) is 18.7 Å². The van der Waals surface area contributed by atoms with E-state index in [9.17, 15) is 9.90 Å². The zero-order valence-corrected chi connectivity index (χ0v) is 14.0. The molecule has 1 fully saturated rings. The summed E-state index contributed by atoms with van der Waals surface area (Å²) in [7, 11) is 0. The maximum Gasteiger partial charge on any atom is 0.237 e. The minimum absolute atomic E-state index is 0.0435. The molecule has 1 unspecified atom stereocenters. The van der Waals surface area contributed by atoms with Gasteiger partial charge in [-0.15, -0.1) is 0 Å². The third kappa shape index (κ3) is 4.93. The van der Waals surface area contributed by atoms with Crippen molar-refractivity contribution in [1.29, 1.82) is 0 Å². The molecule has 1 aliphatic rings. The summed E-state index contributed by atoms with van der Waals surface area (Å²) in [6.45, 7) is 9.14. The molecule has 20 heavy (non-hydrogen) atoms. The lowest BCUT2D eigenvalue weighted by Gasteiger charge is -2.34. The van der Waals surface area contributed by atoms with E-state index in [2.05, 4.69) is 24.1 Å². The maximum atomic E-state index is 12.3. The van der Waals surface area contributed by atoms with Crippen LogP contribution < -0.4 is 5.32 Å². The summed E-state index contributed by atoms with van der Waals surface area (Å²) in [5.74, 6) is 2.37. The van der Waals surface area contributed by atoms with E-state index >= 15 is 0 Å². The van der Waals surface area contributed by atoms with Gasteiger partial charge in [-0.05, 0) is 31.6 Å². The Morgan fingerprint density at radius 1 is 1.35 bits per heavy atom. The summed E-state index contributed by atoms with van der Waals surface area (Å²) in [5, 5.41) is 12.3. The van der Waals surface area contributed by atoms with Gasteiger partial charge in [-0.1, -0.05) is 13.8 Å². The maximum absolute atomic E-state index is 12.3. The van der Waals surface area contributed by atoms with E-state index in [4.69, 9.17) is 0 Å². The molecule has 0 bridgehead atoms. The minimum atomic E-state index is -0.0450. The number of rotatable bonds is 8. The molecule has 0 spiro atoms. The summed E-state index contributed by atoms with van der Waals surface area (Å²) in [6, 6.07) is -0.0450. The van der Waals surface area contributed by atoms with Crippen molar-refractivity contribution in [3.8, 4) is 0 Å². The Morgan fingerprint density at radius 3 is 2.45 bits per heavy atom. The van der Waals surface area contributed by atoms with E-state index in [0.717, 1.165) is 43.9 Å². The Bertz CT molecular complexity index is 290. The van der Waals surface area contributed by atoms with Crippen LogP contribution in [0.4, 0.5) is 0 Å². The normalized spacial score (nSPS) is 18.8. The first-order chi connectivity index (χ1) is 9.58. The van der Waals surface area contributed by atoms with E-state index in [0.29, 0.717) is 6.54 Å². The third-order valence-corrected chi connectivity index (χ3v) is 5.70. The number of thioether (sulfide) groups is 1. The van der Waals surface area contributed by atoms with Crippen LogP contribution in [0.3, 0.4) is 0 Å². The van der Waals surface area contributed by atoms with Crippen molar-refractivity contribution in [2.45, 2.75) is 46.1 Å². The van der Waals surface area contributed by atoms with Crippen LogP contribution >= 0.6 is 11.8 Å². The first-order valence-corrected chi connectivity index (χ1v) is 8.94. The predicted octanol–water partition coefficient (Wildman–Crippen LogP) is 1.73. The number of nitrogens with one attached hydrogen (secondary N) is 1. The summed E-state index contributed by atoms with van der Waals surface area (Å²) >= 11 is 1.96. The third-order valence-electron chi connectivity index (χ3n) is 4.75. The standard InChI is InChI=1S/C15H30N2O2S/c1-4-15(5-2,6-9-18)12-16-14(19)13(3)17-7-10-20-11-8-17/h13,18H,4-12H2,1-3H3,(H,16,19). The highest BCUT2D eigenvalue weighted by Crippen LogP contribution is 2.29. The molecular weight excluding hydrogens is 272 g/mol. The second-order valence-electron chi connectivity index (χ2n) is 5.72. The molecule has 0 aromatic carbocycles. The number of aliphatic hydroxyl groups is 1. The van der Waals surface area contributed by atoms with Gasteiger partial charge in [0, 0.05) is 37.7 Å². The van der Waals surface area contributed by atoms with E-state index in [1.54, 1.807) is 0 Å². The molecule has 1 saturated heterocycles. The first-order valence-electron chi connectivity index (χ1n) is 7.79.